The number of nitrogens with zero attached hydrogens (tertiary/aromatic N) is 2. The summed E-state index contributed by atoms with van der Waals surface area (Å²) in [4.78, 5) is 23.3. The SMILES string of the molecule is N#C/C(=C\c1ccc(Oc2ccc(F)cc2)c([N+](=O)[O-])c1)C(=O)c1ccccc1. The van der Waals surface area contributed by atoms with Crippen LogP contribution >= 0.6 is 0 Å². The van der Waals surface area contributed by atoms with E-state index in [1.165, 1.54) is 48.5 Å². The number of carbonyl (C=O) groups excluding carboxylic acids is 1. The Kier molecular flexibility index (Phi) is 5.76. The topological polar surface area (TPSA) is 93.2 Å². The highest BCUT2D eigenvalue weighted by molar-refractivity contribution is 6.14. The van der Waals surface area contributed by atoms with Crippen molar-refractivity contribution in [2.75, 3.05) is 0 Å². The summed E-state index contributed by atoms with van der Waals surface area (Å²) in [5.74, 6) is -0.761. The van der Waals surface area contributed by atoms with Gasteiger partial charge in [0, 0.05) is 11.6 Å². The first-order valence-corrected chi connectivity index (χ1v) is 8.41. The fourth-order valence-corrected chi connectivity index (χ4v) is 2.54. The van der Waals surface area contributed by atoms with Crippen LogP contribution in [0.4, 0.5) is 10.1 Å². The molecule has 0 unspecified atom stereocenters. The van der Waals surface area contributed by atoms with Gasteiger partial charge in [0.15, 0.2) is 0 Å². The predicted molar refractivity (Wildman–Crippen MR) is 104 cm³/mol. The minimum atomic E-state index is -0.638. The van der Waals surface area contributed by atoms with E-state index in [0.29, 0.717) is 11.1 Å². The van der Waals surface area contributed by atoms with Crippen molar-refractivity contribution in [3.8, 4) is 17.6 Å². The Bertz CT molecular complexity index is 1130. The summed E-state index contributed by atoms with van der Waals surface area (Å²) in [6, 6.07) is 19.2. The number of ketones is 1. The third-order valence-electron chi connectivity index (χ3n) is 3.93. The Labute approximate surface area is 165 Å². The van der Waals surface area contributed by atoms with E-state index in [-0.39, 0.29) is 22.8 Å². The van der Waals surface area contributed by atoms with Gasteiger partial charge in [-0.2, -0.15) is 5.26 Å². The molecule has 7 heteroatoms. The third-order valence-corrected chi connectivity index (χ3v) is 3.93. The first-order chi connectivity index (χ1) is 14.0. The fourth-order valence-electron chi connectivity index (χ4n) is 2.54. The predicted octanol–water partition coefficient (Wildman–Crippen LogP) is 5.32. The second kappa shape index (κ2) is 8.59. The molecule has 3 aromatic carbocycles. The highest BCUT2D eigenvalue weighted by Gasteiger charge is 2.18. The summed E-state index contributed by atoms with van der Waals surface area (Å²) >= 11 is 0. The van der Waals surface area contributed by atoms with Gasteiger partial charge in [0.2, 0.25) is 11.5 Å². The highest BCUT2D eigenvalue weighted by Crippen LogP contribution is 2.33. The lowest BCUT2D eigenvalue weighted by Gasteiger charge is -2.07. The highest BCUT2D eigenvalue weighted by atomic mass is 19.1. The Hall–Kier alpha value is -4.31. The Morgan fingerprint density at radius 3 is 2.38 bits per heavy atom. The number of rotatable bonds is 6. The lowest BCUT2D eigenvalue weighted by Crippen LogP contribution is -2.01. The number of Topliss-reactive ketones (excluding diaryl/α,β-unsaturated/α-hetero) is 1. The third kappa shape index (κ3) is 4.70. The molecule has 3 aromatic rings. The maximum Gasteiger partial charge on any atom is 0.312 e. The van der Waals surface area contributed by atoms with Crippen molar-refractivity contribution in [3.05, 3.63) is 105 Å². The molecule has 0 atom stereocenters. The molecule has 0 heterocycles. The van der Waals surface area contributed by atoms with Gasteiger partial charge in [0.25, 0.3) is 0 Å². The van der Waals surface area contributed by atoms with Gasteiger partial charge in [-0.15, -0.1) is 0 Å². The molecule has 0 saturated carbocycles. The molecule has 0 aliphatic rings. The summed E-state index contributed by atoms with van der Waals surface area (Å²) < 4.78 is 18.5. The second-order valence-electron chi connectivity index (χ2n) is 5.91. The van der Waals surface area contributed by atoms with Crippen LogP contribution in [0, 0.1) is 27.3 Å². The van der Waals surface area contributed by atoms with Crippen LogP contribution in [-0.2, 0) is 0 Å². The summed E-state index contributed by atoms with van der Waals surface area (Å²) in [7, 11) is 0. The van der Waals surface area contributed by atoms with E-state index in [1.54, 1.807) is 30.3 Å². The number of halogens is 1. The average molecular weight is 388 g/mol. The average Bonchev–Trinajstić information content (AvgIpc) is 2.74. The first kappa shape index (κ1) is 19.5. The lowest BCUT2D eigenvalue weighted by molar-refractivity contribution is -0.385. The van der Waals surface area contributed by atoms with Crippen LogP contribution in [0.3, 0.4) is 0 Å². The van der Waals surface area contributed by atoms with Crippen molar-refractivity contribution in [1.82, 2.24) is 0 Å². The van der Waals surface area contributed by atoms with Crippen LogP contribution in [0.2, 0.25) is 0 Å². The first-order valence-electron chi connectivity index (χ1n) is 8.41. The number of hydrogen-bond acceptors (Lipinski definition) is 5. The van der Waals surface area contributed by atoms with Crippen molar-refractivity contribution < 1.29 is 18.8 Å². The van der Waals surface area contributed by atoms with Crippen LogP contribution in [-0.4, -0.2) is 10.7 Å². The minimum Gasteiger partial charge on any atom is -0.450 e. The molecule has 0 aromatic heterocycles. The van der Waals surface area contributed by atoms with Crippen LogP contribution in [0.5, 0.6) is 11.5 Å². The minimum absolute atomic E-state index is 0.0494. The Balaban J connectivity index is 1.94. The van der Waals surface area contributed by atoms with E-state index in [1.807, 2.05) is 6.07 Å². The Morgan fingerprint density at radius 1 is 1.07 bits per heavy atom. The largest absolute Gasteiger partial charge is 0.450 e. The second-order valence-corrected chi connectivity index (χ2v) is 5.91. The van der Waals surface area contributed by atoms with Crippen LogP contribution in [0.25, 0.3) is 6.08 Å². The zero-order valence-electron chi connectivity index (χ0n) is 14.9. The lowest BCUT2D eigenvalue weighted by atomic mass is 10.0. The molecule has 0 radical (unpaired) electrons. The number of ether oxygens (including phenoxy) is 1. The molecule has 0 spiro atoms. The van der Waals surface area contributed by atoms with Crippen LogP contribution in [0.15, 0.2) is 78.4 Å². The number of benzene rings is 3. The Morgan fingerprint density at radius 2 is 1.76 bits per heavy atom. The maximum absolute atomic E-state index is 13.0. The number of carbonyl (C=O) groups is 1. The summed E-state index contributed by atoms with van der Waals surface area (Å²) in [6.07, 6.45) is 1.28. The molecule has 142 valence electrons. The van der Waals surface area contributed by atoms with Gasteiger partial charge in [-0.3, -0.25) is 14.9 Å². The van der Waals surface area contributed by atoms with Gasteiger partial charge in [0.1, 0.15) is 23.2 Å². The molecule has 6 nitrogen and oxygen atoms in total. The molecule has 0 saturated heterocycles. The molecule has 0 amide bonds. The van der Waals surface area contributed by atoms with Gasteiger partial charge in [-0.05, 0) is 42.0 Å². The van der Waals surface area contributed by atoms with E-state index in [9.17, 15) is 24.6 Å². The molecule has 0 aliphatic heterocycles. The molecule has 0 aliphatic carbocycles. The molecule has 0 N–H and O–H groups in total. The fraction of sp³-hybridized carbons (Fsp3) is 0. The van der Waals surface area contributed by atoms with Crippen molar-refractivity contribution in [2.45, 2.75) is 0 Å². The zero-order chi connectivity index (χ0) is 20.8. The quantitative estimate of drug-likeness (QED) is 0.187. The van der Waals surface area contributed by atoms with E-state index in [4.69, 9.17) is 4.74 Å². The maximum atomic E-state index is 13.0. The number of hydrogen-bond donors (Lipinski definition) is 0. The summed E-state index contributed by atoms with van der Waals surface area (Å²) in [5.41, 5.74) is 0.125. The van der Waals surface area contributed by atoms with Gasteiger partial charge in [-0.25, -0.2) is 4.39 Å². The van der Waals surface area contributed by atoms with Gasteiger partial charge in [-0.1, -0.05) is 36.4 Å². The molecule has 0 bridgehead atoms. The molecule has 0 fully saturated rings. The number of nitro groups is 1. The van der Waals surface area contributed by atoms with Crippen LogP contribution < -0.4 is 4.74 Å². The van der Waals surface area contributed by atoms with Crippen molar-refractivity contribution in [1.29, 1.82) is 5.26 Å². The number of nitriles is 1. The van der Waals surface area contributed by atoms with Crippen molar-refractivity contribution in [3.63, 3.8) is 0 Å². The number of allylic oxidation sites excluding steroid dienone is 1. The monoisotopic (exact) mass is 388 g/mol. The van der Waals surface area contributed by atoms with Gasteiger partial charge in [0.05, 0.1) is 4.92 Å². The van der Waals surface area contributed by atoms with Crippen molar-refractivity contribution in [2.24, 2.45) is 0 Å². The molecule has 29 heavy (non-hydrogen) atoms. The van der Waals surface area contributed by atoms with Gasteiger partial charge < -0.3 is 4.74 Å². The van der Waals surface area contributed by atoms with Crippen molar-refractivity contribution >= 4 is 17.5 Å². The summed E-state index contributed by atoms with van der Waals surface area (Å²) in [6.45, 7) is 0. The van der Waals surface area contributed by atoms with E-state index in [2.05, 4.69) is 0 Å². The van der Waals surface area contributed by atoms with E-state index in [0.717, 1.165) is 0 Å². The van der Waals surface area contributed by atoms with Crippen LogP contribution in [0.1, 0.15) is 15.9 Å². The van der Waals surface area contributed by atoms with E-state index < -0.39 is 16.5 Å². The number of nitro benzene ring substituents is 1. The standard InChI is InChI=1S/C22H13FN2O4/c23-18-7-9-19(10-8-18)29-21-11-6-15(13-20(21)25(27)28)12-17(14-24)22(26)16-4-2-1-3-5-16/h1-13H/b17-12+. The molecular formula is C22H13FN2O4. The van der Waals surface area contributed by atoms with E-state index >= 15 is 0 Å². The molecular weight excluding hydrogens is 375 g/mol. The summed E-state index contributed by atoms with van der Waals surface area (Å²) in [5, 5.41) is 20.8. The smallest absolute Gasteiger partial charge is 0.312 e. The normalized spacial score (nSPS) is 10.8. The molecule has 3 rings (SSSR count). The van der Waals surface area contributed by atoms with Gasteiger partial charge >= 0.3 is 5.69 Å². The zero-order valence-corrected chi connectivity index (χ0v) is 14.9.